The number of hydrogen-bond donors (Lipinski definition) is 2. The molecule has 4 heterocycles. The summed E-state index contributed by atoms with van der Waals surface area (Å²) in [6.45, 7) is 4.79. The summed E-state index contributed by atoms with van der Waals surface area (Å²) in [5.41, 5.74) is 2.46. The molecule has 2 aliphatic rings. The van der Waals surface area contributed by atoms with Gasteiger partial charge in [-0.05, 0) is 37.6 Å². The van der Waals surface area contributed by atoms with Crippen molar-refractivity contribution in [3.05, 3.63) is 36.2 Å². The number of nitrogens with one attached hydrogen (secondary N) is 2. The minimum Gasteiger partial charge on any atom is -0.423 e. The lowest BCUT2D eigenvalue weighted by Gasteiger charge is -2.24. The number of halogens is 1. The molecule has 2 saturated heterocycles. The molecule has 1 unspecified atom stereocenters. The minimum atomic E-state index is -0.236. The van der Waals surface area contributed by atoms with E-state index < -0.39 is 0 Å². The Kier molecular flexibility index (Phi) is 6.21. The molecule has 0 spiro atoms. The Bertz CT molecular complexity index is 1010. The maximum Gasteiger partial charge on any atom is 0.298 e. The molecule has 5 rings (SSSR count). The molecule has 160 valence electrons. The van der Waals surface area contributed by atoms with Gasteiger partial charge in [-0.2, -0.15) is 10.1 Å². The number of amides is 1. The summed E-state index contributed by atoms with van der Waals surface area (Å²) in [5, 5.41) is 10.7. The first-order valence-electron chi connectivity index (χ1n) is 10.1. The summed E-state index contributed by atoms with van der Waals surface area (Å²) in [6, 6.07) is 8.12. The molecule has 1 atom stereocenters. The molecule has 3 aromatic rings. The number of morpholine rings is 1. The lowest BCUT2D eigenvalue weighted by atomic mass is 10.1. The highest BCUT2D eigenvalue weighted by Gasteiger charge is 2.19. The molecule has 9 nitrogen and oxygen atoms in total. The topological polar surface area (TPSA) is 97.5 Å². The Hall–Kier alpha value is -2.62. The van der Waals surface area contributed by atoms with Crippen LogP contribution in [-0.2, 0) is 4.74 Å². The highest BCUT2D eigenvalue weighted by Crippen LogP contribution is 2.25. The molecule has 2 aliphatic heterocycles. The first kappa shape index (κ1) is 20.6. The van der Waals surface area contributed by atoms with Gasteiger partial charge in [0, 0.05) is 37.6 Å². The predicted octanol–water partition coefficient (Wildman–Crippen LogP) is 2.46. The smallest absolute Gasteiger partial charge is 0.298 e. The van der Waals surface area contributed by atoms with E-state index in [0.717, 1.165) is 44.5 Å². The van der Waals surface area contributed by atoms with Crippen LogP contribution >= 0.6 is 12.4 Å². The number of carbonyl (C=O) groups is 1. The van der Waals surface area contributed by atoms with Crippen molar-refractivity contribution in [1.82, 2.24) is 20.1 Å². The van der Waals surface area contributed by atoms with E-state index in [0.29, 0.717) is 42.2 Å². The molecule has 0 saturated carbocycles. The van der Waals surface area contributed by atoms with Gasteiger partial charge in [0.25, 0.3) is 11.9 Å². The van der Waals surface area contributed by atoms with E-state index >= 15 is 0 Å². The third-order valence-electron chi connectivity index (χ3n) is 5.40. The van der Waals surface area contributed by atoms with E-state index in [1.165, 1.54) is 0 Å². The quantitative estimate of drug-likeness (QED) is 0.653. The number of anilines is 2. The summed E-state index contributed by atoms with van der Waals surface area (Å²) in [4.78, 5) is 19.2. The summed E-state index contributed by atoms with van der Waals surface area (Å²) < 4.78 is 13.2. The van der Waals surface area contributed by atoms with Crippen LogP contribution < -0.4 is 15.5 Å². The van der Waals surface area contributed by atoms with Crippen LogP contribution in [0, 0.1) is 0 Å². The number of rotatable bonds is 4. The summed E-state index contributed by atoms with van der Waals surface area (Å²) in [7, 11) is 0. The highest BCUT2D eigenvalue weighted by molar-refractivity contribution is 6.03. The van der Waals surface area contributed by atoms with Gasteiger partial charge in [-0.15, -0.1) is 12.4 Å². The monoisotopic (exact) mass is 432 g/mol. The number of fused-ring (bicyclic) bond motifs is 1. The zero-order chi connectivity index (χ0) is 19.6. The molecule has 30 heavy (non-hydrogen) atoms. The Balaban J connectivity index is 0.00000218. The van der Waals surface area contributed by atoms with E-state index in [2.05, 4.69) is 25.6 Å². The third-order valence-corrected chi connectivity index (χ3v) is 5.40. The van der Waals surface area contributed by atoms with Crippen LogP contribution in [0.5, 0.6) is 0 Å². The zero-order valence-electron chi connectivity index (χ0n) is 16.5. The van der Waals surface area contributed by atoms with Crippen molar-refractivity contribution >= 4 is 41.1 Å². The average molecular weight is 433 g/mol. The molecule has 0 bridgehead atoms. The molecule has 10 heteroatoms. The predicted molar refractivity (Wildman–Crippen MR) is 116 cm³/mol. The first-order chi connectivity index (χ1) is 14.3. The molecule has 1 aromatic carbocycles. The van der Waals surface area contributed by atoms with Crippen molar-refractivity contribution < 1.29 is 13.9 Å². The van der Waals surface area contributed by atoms with Crippen molar-refractivity contribution in [2.75, 3.05) is 49.6 Å². The van der Waals surface area contributed by atoms with Crippen molar-refractivity contribution in [2.24, 2.45) is 0 Å². The molecule has 1 amide bonds. The van der Waals surface area contributed by atoms with Gasteiger partial charge in [0.05, 0.1) is 19.3 Å². The Morgan fingerprint density at radius 2 is 2.10 bits per heavy atom. The fourth-order valence-corrected chi connectivity index (χ4v) is 3.80. The van der Waals surface area contributed by atoms with Gasteiger partial charge < -0.3 is 24.7 Å². The molecule has 2 N–H and O–H groups in total. The Morgan fingerprint density at radius 1 is 1.23 bits per heavy atom. The standard InChI is InChI=1S/C20H24N6O3.ClH/c27-19(17-5-7-26(24-17)15-2-1-6-21-13-15)22-14-3-4-16-18(12-14)29-20(23-16)25-8-10-28-11-9-25;/h3-5,7,12,15,21H,1-2,6,8-11,13H2,(H,22,27);1H. The van der Waals surface area contributed by atoms with Gasteiger partial charge in [-0.1, -0.05) is 0 Å². The largest absolute Gasteiger partial charge is 0.423 e. The van der Waals surface area contributed by atoms with E-state index in [-0.39, 0.29) is 18.3 Å². The summed E-state index contributed by atoms with van der Waals surface area (Å²) >= 11 is 0. The second kappa shape index (κ2) is 9.03. The molecular weight excluding hydrogens is 408 g/mol. The average Bonchev–Trinajstić information content (AvgIpc) is 3.42. The number of piperidine rings is 1. The summed E-state index contributed by atoms with van der Waals surface area (Å²) in [6.07, 6.45) is 4.07. The molecular formula is C20H25ClN6O3. The van der Waals surface area contributed by atoms with Gasteiger partial charge in [0.2, 0.25) is 0 Å². The summed E-state index contributed by atoms with van der Waals surface area (Å²) in [5.74, 6) is -0.236. The normalized spacial score (nSPS) is 19.5. The Morgan fingerprint density at radius 3 is 2.90 bits per heavy atom. The van der Waals surface area contributed by atoms with E-state index in [1.807, 2.05) is 23.0 Å². The second-order valence-corrected chi connectivity index (χ2v) is 7.41. The maximum atomic E-state index is 12.6. The van der Waals surface area contributed by atoms with Crippen molar-refractivity contribution in [2.45, 2.75) is 18.9 Å². The molecule has 2 aromatic heterocycles. The number of oxazole rings is 1. The SMILES string of the molecule is Cl.O=C(Nc1ccc2nc(N3CCOCC3)oc2c1)c1ccn(C2CCCNC2)n1. The van der Waals surface area contributed by atoms with Gasteiger partial charge in [0.1, 0.15) is 5.52 Å². The van der Waals surface area contributed by atoms with E-state index in [9.17, 15) is 4.79 Å². The van der Waals surface area contributed by atoms with Crippen LogP contribution in [0.3, 0.4) is 0 Å². The van der Waals surface area contributed by atoms with Gasteiger partial charge in [-0.3, -0.25) is 9.48 Å². The minimum absolute atomic E-state index is 0. The second-order valence-electron chi connectivity index (χ2n) is 7.41. The van der Waals surface area contributed by atoms with Crippen molar-refractivity contribution in [3.63, 3.8) is 0 Å². The lowest BCUT2D eigenvalue weighted by molar-refractivity contribution is 0.102. The van der Waals surface area contributed by atoms with E-state index in [4.69, 9.17) is 9.15 Å². The van der Waals surface area contributed by atoms with Crippen LogP contribution in [0.15, 0.2) is 34.9 Å². The number of benzene rings is 1. The number of aromatic nitrogens is 3. The van der Waals surface area contributed by atoms with Crippen LogP contribution in [-0.4, -0.2) is 60.1 Å². The zero-order valence-corrected chi connectivity index (χ0v) is 17.4. The fourth-order valence-electron chi connectivity index (χ4n) is 3.80. The molecule has 0 aliphatic carbocycles. The number of carbonyl (C=O) groups excluding carboxylic acids is 1. The van der Waals surface area contributed by atoms with Crippen LogP contribution in [0.2, 0.25) is 0 Å². The lowest BCUT2D eigenvalue weighted by Crippen LogP contribution is -2.36. The van der Waals surface area contributed by atoms with Gasteiger partial charge in [-0.25, -0.2) is 0 Å². The van der Waals surface area contributed by atoms with E-state index in [1.54, 1.807) is 12.1 Å². The van der Waals surface area contributed by atoms with Crippen molar-refractivity contribution in [3.8, 4) is 0 Å². The third kappa shape index (κ3) is 4.28. The van der Waals surface area contributed by atoms with Crippen LogP contribution in [0.4, 0.5) is 11.7 Å². The number of ether oxygens (including phenoxy) is 1. The van der Waals surface area contributed by atoms with Crippen LogP contribution in [0.1, 0.15) is 29.4 Å². The molecule has 2 fully saturated rings. The number of nitrogens with zero attached hydrogens (tertiary/aromatic N) is 4. The van der Waals surface area contributed by atoms with Crippen molar-refractivity contribution in [1.29, 1.82) is 0 Å². The van der Waals surface area contributed by atoms with Gasteiger partial charge in [0.15, 0.2) is 11.3 Å². The molecule has 0 radical (unpaired) electrons. The highest BCUT2D eigenvalue weighted by atomic mass is 35.5. The number of hydrogen-bond acceptors (Lipinski definition) is 7. The fraction of sp³-hybridized carbons (Fsp3) is 0.450. The van der Waals surface area contributed by atoms with Crippen LogP contribution in [0.25, 0.3) is 11.1 Å². The first-order valence-corrected chi connectivity index (χ1v) is 10.1. The van der Waals surface area contributed by atoms with Gasteiger partial charge >= 0.3 is 0 Å². The Labute approximate surface area is 180 Å². The maximum absolute atomic E-state index is 12.6.